The standard InChI is InChI=1S/C20H14N2O2.ClH/c1-13-11-19(15-6-4-7-16(12-15)22(23)24)21-18-10-9-14-5-2-3-8-17(14)20(13)18;/h2-12H,1H3;1H. The molecule has 0 amide bonds. The molecule has 0 N–H and O–H groups in total. The Morgan fingerprint density at radius 2 is 1.76 bits per heavy atom. The molecule has 0 bridgehead atoms. The van der Waals surface area contributed by atoms with Crippen LogP contribution in [-0.4, -0.2) is 9.91 Å². The highest BCUT2D eigenvalue weighted by molar-refractivity contribution is 6.08. The molecule has 0 unspecified atom stereocenters. The minimum atomic E-state index is -0.384. The quantitative estimate of drug-likeness (QED) is 0.265. The molecule has 4 nitrogen and oxygen atoms in total. The van der Waals surface area contributed by atoms with E-state index in [9.17, 15) is 10.1 Å². The number of aryl methyl sites for hydroxylation is 1. The molecule has 0 saturated carbocycles. The minimum Gasteiger partial charge on any atom is -0.258 e. The van der Waals surface area contributed by atoms with E-state index in [1.54, 1.807) is 12.1 Å². The van der Waals surface area contributed by atoms with Gasteiger partial charge in [0.25, 0.3) is 5.69 Å². The molecule has 5 heteroatoms. The van der Waals surface area contributed by atoms with Crippen LogP contribution in [0.4, 0.5) is 5.69 Å². The molecule has 0 atom stereocenters. The van der Waals surface area contributed by atoms with Crippen molar-refractivity contribution in [3.05, 3.63) is 82.4 Å². The van der Waals surface area contributed by atoms with Crippen molar-refractivity contribution in [3.8, 4) is 11.3 Å². The van der Waals surface area contributed by atoms with Crippen molar-refractivity contribution in [1.82, 2.24) is 4.98 Å². The van der Waals surface area contributed by atoms with E-state index in [1.165, 1.54) is 16.8 Å². The Bertz CT molecular complexity index is 1110. The fourth-order valence-electron chi connectivity index (χ4n) is 3.13. The van der Waals surface area contributed by atoms with Crippen LogP contribution < -0.4 is 0 Å². The number of pyridine rings is 1. The summed E-state index contributed by atoms with van der Waals surface area (Å²) in [5.41, 5.74) is 3.58. The van der Waals surface area contributed by atoms with Crippen molar-refractivity contribution in [1.29, 1.82) is 0 Å². The summed E-state index contributed by atoms with van der Waals surface area (Å²) in [5, 5.41) is 14.5. The van der Waals surface area contributed by atoms with E-state index in [4.69, 9.17) is 4.98 Å². The Balaban J connectivity index is 0.00000182. The third-order valence-corrected chi connectivity index (χ3v) is 4.25. The molecule has 3 aromatic carbocycles. The summed E-state index contributed by atoms with van der Waals surface area (Å²) < 4.78 is 0. The van der Waals surface area contributed by atoms with Gasteiger partial charge in [0, 0.05) is 23.1 Å². The van der Waals surface area contributed by atoms with Crippen LogP contribution in [0.25, 0.3) is 32.9 Å². The lowest BCUT2D eigenvalue weighted by Crippen LogP contribution is -1.92. The first kappa shape index (κ1) is 16.9. The first-order valence-corrected chi connectivity index (χ1v) is 7.67. The second-order valence-corrected chi connectivity index (χ2v) is 5.81. The maximum Gasteiger partial charge on any atom is 0.270 e. The molecule has 0 saturated heterocycles. The molecule has 0 radical (unpaired) electrons. The molecule has 25 heavy (non-hydrogen) atoms. The lowest BCUT2D eigenvalue weighted by molar-refractivity contribution is -0.384. The number of fused-ring (bicyclic) bond motifs is 3. The molecule has 0 aliphatic rings. The van der Waals surface area contributed by atoms with Gasteiger partial charge in [0.2, 0.25) is 0 Å². The molecule has 1 heterocycles. The highest BCUT2D eigenvalue weighted by atomic mass is 35.5. The second kappa shape index (κ2) is 6.49. The summed E-state index contributed by atoms with van der Waals surface area (Å²) in [4.78, 5) is 15.3. The van der Waals surface area contributed by atoms with Crippen LogP contribution in [0.5, 0.6) is 0 Å². The molecule has 0 aliphatic heterocycles. The van der Waals surface area contributed by atoms with Gasteiger partial charge in [-0.05, 0) is 35.4 Å². The molecule has 4 rings (SSSR count). The largest absolute Gasteiger partial charge is 0.270 e. The van der Waals surface area contributed by atoms with Crippen LogP contribution in [0.15, 0.2) is 66.7 Å². The summed E-state index contributed by atoms with van der Waals surface area (Å²) >= 11 is 0. The predicted octanol–water partition coefficient (Wildman–Crippen LogP) is 5.69. The number of nitrogens with zero attached hydrogens (tertiary/aromatic N) is 2. The summed E-state index contributed by atoms with van der Waals surface area (Å²) in [5.74, 6) is 0. The molecule has 124 valence electrons. The van der Waals surface area contributed by atoms with Gasteiger partial charge in [-0.1, -0.05) is 42.5 Å². The van der Waals surface area contributed by atoms with Gasteiger partial charge in [-0.25, -0.2) is 4.98 Å². The third kappa shape index (κ3) is 2.92. The highest BCUT2D eigenvalue weighted by Gasteiger charge is 2.11. The van der Waals surface area contributed by atoms with Gasteiger partial charge >= 0.3 is 0 Å². The van der Waals surface area contributed by atoms with Gasteiger partial charge < -0.3 is 0 Å². The first-order valence-electron chi connectivity index (χ1n) is 7.67. The zero-order valence-electron chi connectivity index (χ0n) is 13.5. The number of benzene rings is 3. The molecule has 4 aromatic rings. The lowest BCUT2D eigenvalue weighted by Gasteiger charge is -2.09. The molecular weight excluding hydrogens is 336 g/mol. The number of nitro benzene ring substituents is 1. The van der Waals surface area contributed by atoms with Crippen molar-refractivity contribution >= 4 is 39.8 Å². The SMILES string of the molecule is Cc1cc(-c2cccc([N+](=O)[O-])c2)nc2ccc3ccccc3c12.Cl. The number of nitro groups is 1. The Morgan fingerprint density at radius 3 is 2.56 bits per heavy atom. The van der Waals surface area contributed by atoms with E-state index in [0.29, 0.717) is 0 Å². The van der Waals surface area contributed by atoms with Crippen molar-refractivity contribution < 1.29 is 4.92 Å². The van der Waals surface area contributed by atoms with Crippen molar-refractivity contribution in [3.63, 3.8) is 0 Å². The average molecular weight is 351 g/mol. The normalized spacial score (nSPS) is 10.6. The Labute approximate surface area is 150 Å². The van der Waals surface area contributed by atoms with Crippen molar-refractivity contribution in [2.75, 3.05) is 0 Å². The van der Waals surface area contributed by atoms with Crippen LogP contribution in [0, 0.1) is 17.0 Å². The lowest BCUT2D eigenvalue weighted by atomic mass is 9.99. The fraction of sp³-hybridized carbons (Fsp3) is 0.0500. The number of hydrogen-bond donors (Lipinski definition) is 0. The smallest absolute Gasteiger partial charge is 0.258 e. The Morgan fingerprint density at radius 1 is 0.960 bits per heavy atom. The summed E-state index contributed by atoms with van der Waals surface area (Å²) in [6, 6.07) is 20.9. The molecule has 1 aromatic heterocycles. The summed E-state index contributed by atoms with van der Waals surface area (Å²) in [6.45, 7) is 2.05. The van der Waals surface area contributed by atoms with Gasteiger partial charge in [0.05, 0.1) is 16.1 Å². The van der Waals surface area contributed by atoms with Gasteiger partial charge in [0.1, 0.15) is 0 Å². The summed E-state index contributed by atoms with van der Waals surface area (Å²) in [6.07, 6.45) is 0. The van der Waals surface area contributed by atoms with Gasteiger partial charge in [-0.3, -0.25) is 10.1 Å². The van der Waals surface area contributed by atoms with E-state index in [2.05, 4.69) is 25.1 Å². The van der Waals surface area contributed by atoms with Crippen molar-refractivity contribution in [2.24, 2.45) is 0 Å². The maximum absolute atomic E-state index is 11.0. The maximum atomic E-state index is 11.0. The van der Waals surface area contributed by atoms with Gasteiger partial charge in [-0.15, -0.1) is 12.4 Å². The van der Waals surface area contributed by atoms with Crippen LogP contribution in [0.3, 0.4) is 0 Å². The highest BCUT2D eigenvalue weighted by Crippen LogP contribution is 2.31. The fourth-order valence-corrected chi connectivity index (χ4v) is 3.13. The molecule has 0 aliphatic carbocycles. The molecular formula is C20H15ClN2O2. The molecule has 0 spiro atoms. The second-order valence-electron chi connectivity index (χ2n) is 5.81. The Kier molecular flexibility index (Phi) is 4.38. The van der Waals surface area contributed by atoms with Gasteiger partial charge in [-0.2, -0.15) is 0 Å². The van der Waals surface area contributed by atoms with Gasteiger partial charge in [0.15, 0.2) is 0 Å². The summed E-state index contributed by atoms with van der Waals surface area (Å²) in [7, 11) is 0. The van der Waals surface area contributed by atoms with Crippen LogP contribution in [0.1, 0.15) is 5.56 Å². The topological polar surface area (TPSA) is 56.0 Å². The third-order valence-electron chi connectivity index (χ3n) is 4.25. The van der Waals surface area contributed by atoms with E-state index < -0.39 is 0 Å². The van der Waals surface area contributed by atoms with Crippen molar-refractivity contribution in [2.45, 2.75) is 6.92 Å². The monoisotopic (exact) mass is 350 g/mol. The van der Waals surface area contributed by atoms with E-state index >= 15 is 0 Å². The van der Waals surface area contributed by atoms with Crippen LogP contribution in [-0.2, 0) is 0 Å². The number of hydrogen-bond acceptors (Lipinski definition) is 3. The Hall–Kier alpha value is -2.98. The number of halogens is 1. The zero-order valence-corrected chi connectivity index (χ0v) is 14.3. The van der Waals surface area contributed by atoms with E-state index in [-0.39, 0.29) is 23.0 Å². The number of non-ortho nitro benzene ring substituents is 1. The zero-order chi connectivity index (χ0) is 16.7. The van der Waals surface area contributed by atoms with Crippen LogP contribution in [0.2, 0.25) is 0 Å². The molecule has 0 fully saturated rings. The van der Waals surface area contributed by atoms with E-state index in [1.807, 2.05) is 30.3 Å². The average Bonchev–Trinajstić information content (AvgIpc) is 2.61. The minimum absolute atomic E-state index is 0. The van der Waals surface area contributed by atoms with E-state index in [0.717, 1.165) is 27.7 Å². The number of rotatable bonds is 2. The number of aromatic nitrogens is 1. The first-order chi connectivity index (χ1) is 11.6. The van der Waals surface area contributed by atoms with Crippen LogP contribution >= 0.6 is 12.4 Å². The predicted molar refractivity (Wildman–Crippen MR) is 103 cm³/mol.